The van der Waals surface area contributed by atoms with Gasteiger partial charge in [0.1, 0.15) is 0 Å². The predicted octanol–water partition coefficient (Wildman–Crippen LogP) is 2.82. The monoisotopic (exact) mass is 368 g/mol. The van der Waals surface area contributed by atoms with Crippen LogP contribution in [-0.4, -0.2) is 20.4 Å². The molecule has 0 aromatic heterocycles. The van der Waals surface area contributed by atoms with Crippen molar-refractivity contribution in [1.82, 2.24) is 10.0 Å². The molecule has 0 aliphatic carbocycles. The predicted molar refractivity (Wildman–Crippen MR) is 102 cm³/mol. The summed E-state index contributed by atoms with van der Waals surface area (Å²) in [5.74, 6) is -0.377. The third kappa shape index (κ3) is 4.28. The van der Waals surface area contributed by atoms with Crippen molar-refractivity contribution < 1.29 is 13.2 Å². The molecule has 0 saturated carbocycles. The Bertz CT molecular complexity index is 1020. The average Bonchev–Trinajstić information content (AvgIpc) is 2.66. The Morgan fingerprint density at radius 3 is 2.31 bits per heavy atom. The third-order valence-electron chi connectivity index (χ3n) is 4.07. The Balaban J connectivity index is 1.68. The molecule has 0 radical (unpaired) electrons. The second kappa shape index (κ2) is 7.68. The molecule has 0 aliphatic heterocycles. The van der Waals surface area contributed by atoms with Crippen LogP contribution in [0.15, 0.2) is 77.7 Å². The first-order valence-electron chi connectivity index (χ1n) is 8.28. The van der Waals surface area contributed by atoms with Crippen LogP contribution in [0.5, 0.6) is 0 Å². The van der Waals surface area contributed by atoms with Gasteiger partial charge in [-0.25, -0.2) is 8.42 Å². The van der Waals surface area contributed by atoms with Crippen molar-refractivity contribution in [3.63, 3.8) is 0 Å². The zero-order valence-corrected chi connectivity index (χ0v) is 15.2. The van der Waals surface area contributed by atoms with Crippen molar-refractivity contribution in [2.75, 3.05) is 0 Å². The summed E-state index contributed by atoms with van der Waals surface area (Å²) in [5, 5.41) is 4.53. The summed E-state index contributed by atoms with van der Waals surface area (Å²) in [7, 11) is -3.79. The van der Waals surface area contributed by atoms with E-state index in [0.717, 1.165) is 16.3 Å². The average molecular weight is 368 g/mol. The maximum atomic E-state index is 12.6. The van der Waals surface area contributed by atoms with Gasteiger partial charge < -0.3 is 5.32 Å². The van der Waals surface area contributed by atoms with Gasteiger partial charge in [0.25, 0.3) is 0 Å². The second-order valence-corrected chi connectivity index (χ2v) is 7.77. The molecule has 134 valence electrons. The minimum Gasteiger partial charge on any atom is -0.351 e. The minimum absolute atomic E-state index is 0.138. The van der Waals surface area contributed by atoms with Gasteiger partial charge in [0.15, 0.2) is 0 Å². The van der Waals surface area contributed by atoms with Gasteiger partial charge in [-0.2, -0.15) is 4.72 Å². The summed E-state index contributed by atoms with van der Waals surface area (Å²) in [5.41, 5.74) is 0.949. The van der Waals surface area contributed by atoms with Gasteiger partial charge in [0, 0.05) is 6.54 Å². The summed E-state index contributed by atoms with van der Waals surface area (Å²) in [4.78, 5) is 12.3. The van der Waals surface area contributed by atoms with Crippen molar-refractivity contribution in [3.05, 3.63) is 78.4 Å². The lowest BCUT2D eigenvalue weighted by Crippen LogP contribution is -2.44. The third-order valence-corrected chi connectivity index (χ3v) is 5.60. The van der Waals surface area contributed by atoms with Crippen LogP contribution in [0.2, 0.25) is 0 Å². The Morgan fingerprint density at radius 1 is 0.923 bits per heavy atom. The highest BCUT2D eigenvalue weighted by Crippen LogP contribution is 2.19. The van der Waals surface area contributed by atoms with E-state index < -0.39 is 16.1 Å². The zero-order valence-electron chi connectivity index (χ0n) is 14.3. The van der Waals surface area contributed by atoms with E-state index in [1.165, 1.54) is 6.92 Å². The van der Waals surface area contributed by atoms with Crippen molar-refractivity contribution in [2.45, 2.75) is 24.4 Å². The Morgan fingerprint density at radius 2 is 1.58 bits per heavy atom. The van der Waals surface area contributed by atoms with Crippen LogP contribution < -0.4 is 10.0 Å². The number of amides is 1. The highest BCUT2D eigenvalue weighted by molar-refractivity contribution is 7.89. The molecule has 0 bridgehead atoms. The minimum atomic E-state index is -3.79. The van der Waals surface area contributed by atoms with E-state index in [1.54, 1.807) is 18.2 Å². The number of nitrogens with one attached hydrogen (secondary N) is 2. The molecule has 3 aromatic carbocycles. The van der Waals surface area contributed by atoms with E-state index in [4.69, 9.17) is 0 Å². The van der Waals surface area contributed by atoms with Gasteiger partial charge in [0.05, 0.1) is 10.9 Å². The first-order valence-corrected chi connectivity index (χ1v) is 9.77. The summed E-state index contributed by atoms with van der Waals surface area (Å²) in [6.45, 7) is 1.88. The van der Waals surface area contributed by atoms with Crippen LogP contribution >= 0.6 is 0 Å². The molecular weight excluding hydrogens is 348 g/mol. The number of carbonyl (C=O) groups is 1. The van der Waals surface area contributed by atoms with Gasteiger partial charge in [-0.05, 0) is 35.4 Å². The number of fused-ring (bicyclic) bond motifs is 1. The lowest BCUT2D eigenvalue weighted by Gasteiger charge is -2.15. The topological polar surface area (TPSA) is 75.3 Å². The molecule has 1 atom stereocenters. The van der Waals surface area contributed by atoms with E-state index in [1.807, 2.05) is 54.6 Å². The highest BCUT2D eigenvalue weighted by Gasteiger charge is 2.22. The van der Waals surface area contributed by atoms with Crippen LogP contribution in [0, 0.1) is 0 Å². The summed E-state index contributed by atoms with van der Waals surface area (Å²) < 4.78 is 27.6. The molecule has 26 heavy (non-hydrogen) atoms. The quantitative estimate of drug-likeness (QED) is 0.702. The number of rotatable bonds is 6. The lowest BCUT2D eigenvalue weighted by molar-refractivity contribution is -0.122. The number of hydrogen-bond donors (Lipinski definition) is 2. The van der Waals surface area contributed by atoms with E-state index in [-0.39, 0.29) is 10.8 Å². The van der Waals surface area contributed by atoms with E-state index >= 15 is 0 Å². The molecule has 0 aliphatic rings. The van der Waals surface area contributed by atoms with Gasteiger partial charge >= 0.3 is 0 Å². The van der Waals surface area contributed by atoms with E-state index in [2.05, 4.69) is 10.0 Å². The molecule has 2 N–H and O–H groups in total. The van der Waals surface area contributed by atoms with Crippen molar-refractivity contribution in [2.24, 2.45) is 0 Å². The number of carbonyl (C=O) groups excluding carboxylic acids is 1. The molecule has 0 heterocycles. The zero-order chi connectivity index (χ0) is 18.6. The van der Waals surface area contributed by atoms with Crippen LogP contribution in [0.25, 0.3) is 10.8 Å². The fraction of sp³-hybridized carbons (Fsp3) is 0.150. The molecule has 0 spiro atoms. The molecule has 3 aromatic rings. The van der Waals surface area contributed by atoms with Gasteiger partial charge in [-0.3, -0.25) is 4.79 Å². The molecule has 0 saturated heterocycles. The van der Waals surface area contributed by atoms with Gasteiger partial charge in [-0.15, -0.1) is 0 Å². The van der Waals surface area contributed by atoms with Crippen LogP contribution in [0.1, 0.15) is 12.5 Å². The fourth-order valence-corrected chi connectivity index (χ4v) is 3.86. The first-order chi connectivity index (χ1) is 12.5. The first kappa shape index (κ1) is 18.1. The smallest absolute Gasteiger partial charge is 0.241 e. The van der Waals surface area contributed by atoms with Crippen LogP contribution in [0.4, 0.5) is 0 Å². The largest absolute Gasteiger partial charge is 0.351 e. The summed E-state index contributed by atoms with van der Waals surface area (Å²) in [6.07, 6.45) is 0. The molecular formula is C20H20N2O3S. The Hall–Kier alpha value is -2.70. The second-order valence-electron chi connectivity index (χ2n) is 6.06. The number of hydrogen-bond acceptors (Lipinski definition) is 3. The van der Waals surface area contributed by atoms with Crippen LogP contribution in [0.3, 0.4) is 0 Å². The molecule has 5 nitrogen and oxygen atoms in total. The van der Waals surface area contributed by atoms with Crippen molar-refractivity contribution in [1.29, 1.82) is 0 Å². The standard InChI is InChI=1S/C20H20N2O3S/c1-15(20(23)21-14-16-7-3-2-4-8-16)22-26(24,25)19-12-11-17-9-5-6-10-18(17)13-19/h2-13,15,22H,14H2,1H3,(H,21,23)/t15-/m1/s1. The van der Waals surface area contributed by atoms with E-state index in [9.17, 15) is 13.2 Å². The SMILES string of the molecule is C[C@@H](NS(=O)(=O)c1ccc2ccccc2c1)C(=O)NCc1ccccc1. The van der Waals surface area contributed by atoms with Crippen LogP contribution in [-0.2, 0) is 21.4 Å². The summed E-state index contributed by atoms with van der Waals surface area (Å²) in [6, 6.07) is 21.0. The Kier molecular flexibility index (Phi) is 5.35. The number of sulfonamides is 1. The summed E-state index contributed by atoms with van der Waals surface area (Å²) >= 11 is 0. The molecule has 3 rings (SSSR count). The normalized spacial score (nSPS) is 12.7. The van der Waals surface area contributed by atoms with Crippen molar-refractivity contribution >= 4 is 26.7 Å². The molecule has 6 heteroatoms. The molecule has 0 fully saturated rings. The molecule has 0 unspecified atom stereocenters. The highest BCUT2D eigenvalue weighted by atomic mass is 32.2. The fourth-order valence-electron chi connectivity index (χ4n) is 2.63. The maximum Gasteiger partial charge on any atom is 0.241 e. The van der Waals surface area contributed by atoms with E-state index in [0.29, 0.717) is 6.54 Å². The number of benzene rings is 3. The molecule has 1 amide bonds. The van der Waals surface area contributed by atoms with Gasteiger partial charge in [-0.1, -0.05) is 60.7 Å². The lowest BCUT2D eigenvalue weighted by atomic mass is 10.1. The van der Waals surface area contributed by atoms with Crippen molar-refractivity contribution in [3.8, 4) is 0 Å². The van der Waals surface area contributed by atoms with Gasteiger partial charge in [0.2, 0.25) is 15.9 Å². The Labute approximate surface area is 153 Å². The maximum absolute atomic E-state index is 12.6.